The maximum atomic E-state index is 12.7. The van der Waals surface area contributed by atoms with Crippen LogP contribution in [0.4, 0.5) is 0 Å². The number of aryl methyl sites for hydroxylation is 1. The summed E-state index contributed by atoms with van der Waals surface area (Å²) in [4.78, 5) is 35.3. The number of hydrogen-bond donors (Lipinski definition) is 1. The Labute approximate surface area is 206 Å². The molecule has 3 aromatic rings. The monoisotopic (exact) mass is 478 g/mol. The lowest BCUT2D eigenvalue weighted by molar-refractivity contribution is -0.137. The normalized spacial score (nSPS) is 16.1. The minimum Gasteiger partial charge on any atom is -0.332 e. The molecule has 1 N–H and O–H groups in total. The lowest BCUT2D eigenvalue weighted by Crippen LogP contribution is -2.41. The zero-order valence-corrected chi connectivity index (χ0v) is 21.2. The van der Waals surface area contributed by atoms with Crippen molar-refractivity contribution in [3.8, 4) is 10.4 Å². The molecule has 0 radical (unpaired) electrons. The molecule has 2 unspecified atom stereocenters. The molecule has 2 atom stereocenters. The van der Waals surface area contributed by atoms with E-state index in [1.54, 1.807) is 22.4 Å². The quantitative estimate of drug-likeness (QED) is 0.492. The highest BCUT2D eigenvalue weighted by atomic mass is 32.1. The van der Waals surface area contributed by atoms with E-state index in [-0.39, 0.29) is 23.8 Å². The third-order valence-corrected chi connectivity index (χ3v) is 7.00. The summed E-state index contributed by atoms with van der Waals surface area (Å²) in [5, 5.41) is 3.14. The number of hydrogen-bond acceptors (Lipinski definition) is 6. The molecule has 1 aromatic carbocycles. The average molecular weight is 479 g/mol. The molecule has 4 rings (SSSR count). The molecule has 2 aromatic heterocycles. The fourth-order valence-electron chi connectivity index (χ4n) is 4.26. The predicted octanol–water partition coefficient (Wildman–Crippen LogP) is 4.85. The van der Waals surface area contributed by atoms with Crippen LogP contribution in [0.2, 0.25) is 0 Å². The Bertz CT molecular complexity index is 1050. The van der Waals surface area contributed by atoms with E-state index in [2.05, 4.69) is 39.6 Å². The number of aldehydes is 1. The fourth-order valence-corrected chi connectivity index (χ4v) is 5.07. The van der Waals surface area contributed by atoms with E-state index in [9.17, 15) is 9.59 Å². The summed E-state index contributed by atoms with van der Waals surface area (Å²) >= 11 is 1.70. The summed E-state index contributed by atoms with van der Waals surface area (Å²) in [6.07, 6.45) is 4.28. The van der Waals surface area contributed by atoms with Crippen molar-refractivity contribution in [3.63, 3.8) is 0 Å². The van der Waals surface area contributed by atoms with Crippen molar-refractivity contribution in [1.82, 2.24) is 20.2 Å². The Morgan fingerprint density at radius 2 is 1.97 bits per heavy atom. The van der Waals surface area contributed by atoms with Gasteiger partial charge in [0, 0.05) is 19.3 Å². The number of nitrogens with one attached hydrogen (secondary N) is 1. The number of aromatic nitrogens is 2. The predicted molar refractivity (Wildman–Crippen MR) is 138 cm³/mol. The number of rotatable bonds is 7. The standard InChI is InChI=1S/C15H20N2O2.C12H14N2S/c1-11(2)14(13-7-3-4-8-16-13)15(19)17-9-5-6-12(17)10-18;1-9-12(15-8-14-9)11-5-3-10(4-6-11)7-13-2/h3-4,7-8,10-12,14H,5-6,9H2,1-2H3;3-6,8,13H,7H2,1-2H3. The minimum absolute atomic E-state index is 0.0308. The van der Waals surface area contributed by atoms with Crippen molar-refractivity contribution in [1.29, 1.82) is 0 Å². The van der Waals surface area contributed by atoms with Gasteiger partial charge < -0.3 is 15.0 Å². The van der Waals surface area contributed by atoms with Crippen molar-refractivity contribution in [2.45, 2.75) is 52.1 Å². The van der Waals surface area contributed by atoms with Gasteiger partial charge >= 0.3 is 0 Å². The van der Waals surface area contributed by atoms with Crippen LogP contribution in [0.3, 0.4) is 0 Å². The van der Waals surface area contributed by atoms with Crippen molar-refractivity contribution in [2.24, 2.45) is 5.92 Å². The first kappa shape index (κ1) is 25.7. The third kappa shape index (κ3) is 6.36. The molecule has 1 amide bonds. The maximum Gasteiger partial charge on any atom is 0.232 e. The molecule has 0 saturated carbocycles. The molecule has 0 aliphatic carbocycles. The first-order valence-corrected chi connectivity index (χ1v) is 12.6. The Hall–Kier alpha value is -2.90. The number of amides is 1. The van der Waals surface area contributed by atoms with Crippen LogP contribution in [-0.2, 0) is 16.1 Å². The summed E-state index contributed by atoms with van der Waals surface area (Å²) in [6.45, 7) is 7.68. The van der Waals surface area contributed by atoms with E-state index >= 15 is 0 Å². The lowest BCUT2D eigenvalue weighted by Gasteiger charge is -2.28. The molecule has 3 heterocycles. The zero-order chi connectivity index (χ0) is 24.5. The van der Waals surface area contributed by atoms with Crippen LogP contribution in [-0.4, -0.2) is 46.7 Å². The van der Waals surface area contributed by atoms with Crippen molar-refractivity contribution in [3.05, 3.63) is 71.1 Å². The second-order valence-corrected chi connectivity index (χ2v) is 9.70. The number of nitrogens with zero attached hydrogens (tertiary/aromatic N) is 3. The van der Waals surface area contributed by atoms with E-state index in [1.807, 2.05) is 51.5 Å². The molecule has 1 fully saturated rings. The van der Waals surface area contributed by atoms with Crippen LogP contribution >= 0.6 is 11.3 Å². The van der Waals surface area contributed by atoms with Gasteiger partial charge in [0.25, 0.3) is 0 Å². The van der Waals surface area contributed by atoms with Crippen LogP contribution in [0.1, 0.15) is 49.6 Å². The highest BCUT2D eigenvalue weighted by molar-refractivity contribution is 7.13. The molecular formula is C27H34N4O2S. The van der Waals surface area contributed by atoms with Gasteiger partial charge in [0.1, 0.15) is 6.29 Å². The highest BCUT2D eigenvalue weighted by Gasteiger charge is 2.35. The summed E-state index contributed by atoms with van der Waals surface area (Å²) in [5.41, 5.74) is 6.37. The molecule has 0 spiro atoms. The van der Waals surface area contributed by atoms with Crippen molar-refractivity contribution in [2.75, 3.05) is 13.6 Å². The summed E-state index contributed by atoms with van der Waals surface area (Å²) < 4.78 is 0. The average Bonchev–Trinajstić information content (AvgIpc) is 3.50. The van der Waals surface area contributed by atoms with E-state index in [4.69, 9.17) is 0 Å². The van der Waals surface area contributed by atoms with Crippen molar-refractivity contribution >= 4 is 23.5 Å². The second-order valence-electron chi connectivity index (χ2n) is 8.85. The number of likely N-dealkylation sites (tertiary alicyclic amines) is 1. The topological polar surface area (TPSA) is 75.2 Å². The fraction of sp³-hybridized carbons (Fsp3) is 0.407. The van der Waals surface area contributed by atoms with Crippen LogP contribution in [0.15, 0.2) is 54.2 Å². The van der Waals surface area contributed by atoms with Gasteiger partial charge in [-0.3, -0.25) is 9.78 Å². The lowest BCUT2D eigenvalue weighted by atomic mass is 9.90. The Kier molecular flexibility index (Phi) is 9.48. The van der Waals surface area contributed by atoms with Gasteiger partial charge in [0.05, 0.1) is 33.7 Å². The van der Waals surface area contributed by atoms with E-state index in [1.165, 1.54) is 16.0 Å². The second kappa shape index (κ2) is 12.5. The zero-order valence-electron chi connectivity index (χ0n) is 20.4. The van der Waals surface area contributed by atoms with Gasteiger partial charge in [0.15, 0.2) is 0 Å². The number of pyridine rings is 1. The first-order valence-electron chi connectivity index (χ1n) is 11.8. The first-order chi connectivity index (χ1) is 16.5. The third-order valence-electron chi connectivity index (χ3n) is 6.02. The number of benzene rings is 1. The molecule has 34 heavy (non-hydrogen) atoms. The number of carbonyl (C=O) groups excluding carboxylic acids is 2. The van der Waals surface area contributed by atoms with Gasteiger partial charge in [-0.25, -0.2) is 4.98 Å². The Morgan fingerprint density at radius 1 is 1.21 bits per heavy atom. The molecule has 1 saturated heterocycles. The van der Waals surface area contributed by atoms with Gasteiger partial charge in [-0.05, 0) is 56.0 Å². The summed E-state index contributed by atoms with van der Waals surface area (Å²) in [6, 6.07) is 14.0. The van der Waals surface area contributed by atoms with Gasteiger partial charge in [-0.1, -0.05) is 44.2 Å². The molecule has 7 heteroatoms. The van der Waals surface area contributed by atoms with Crippen molar-refractivity contribution < 1.29 is 9.59 Å². The SMILES string of the molecule is CC(C)C(C(=O)N1CCCC1C=O)c1ccccn1.CNCc1ccc(-c2scnc2C)cc1. The number of thiazole rings is 1. The Morgan fingerprint density at radius 3 is 2.53 bits per heavy atom. The van der Waals surface area contributed by atoms with E-state index < -0.39 is 0 Å². The van der Waals surface area contributed by atoms with Crippen LogP contribution < -0.4 is 5.32 Å². The minimum atomic E-state index is -0.262. The molecule has 0 bridgehead atoms. The summed E-state index contributed by atoms with van der Waals surface area (Å²) in [7, 11) is 1.96. The van der Waals surface area contributed by atoms with Crippen LogP contribution in [0, 0.1) is 12.8 Å². The molecular weight excluding hydrogens is 444 g/mol. The Balaban J connectivity index is 0.000000196. The van der Waals surface area contributed by atoms with Crippen LogP contribution in [0.25, 0.3) is 10.4 Å². The van der Waals surface area contributed by atoms with Crippen LogP contribution in [0.5, 0.6) is 0 Å². The van der Waals surface area contributed by atoms with E-state index in [0.29, 0.717) is 6.54 Å². The number of carbonyl (C=O) groups is 2. The van der Waals surface area contributed by atoms with E-state index in [0.717, 1.165) is 37.1 Å². The molecule has 1 aliphatic heterocycles. The van der Waals surface area contributed by atoms with Gasteiger partial charge in [0.2, 0.25) is 5.91 Å². The molecule has 180 valence electrons. The highest BCUT2D eigenvalue weighted by Crippen LogP contribution is 2.29. The maximum absolute atomic E-state index is 12.7. The largest absolute Gasteiger partial charge is 0.332 e. The molecule has 1 aliphatic rings. The van der Waals surface area contributed by atoms with Gasteiger partial charge in [-0.15, -0.1) is 11.3 Å². The van der Waals surface area contributed by atoms with Gasteiger partial charge in [-0.2, -0.15) is 0 Å². The smallest absolute Gasteiger partial charge is 0.232 e. The summed E-state index contributed by atoms with van der Waals surface area (Å²) in [5.74, 6) is -0.0691. The molecule has 6 nitrogen and oxygen atoms in total.